The van der Waals surface area contributed by atoms with Crippen LogP contribution in [0.15, 0.2) is 61.2 Å². The number of aliphatic hydroxyl groups excluding tert-OH is 1. The molecule has 2 amide bonds. The van der Waals surface area contributed by atoms with Gasteiger partial charge in [0, 0.05) is 17.7 Å². The second-order valence-electron chi connectivity index (χ2n) is 5.99. The van der Waals surface area contributed by atoms with Crippen molar-refractivity contribution in [2.75, 3.05) is 6.61 Å². The van der Waals surface area contributed by atoms with E-state index in [4.69, 9.17) is 4.74 Å². The zero-order valence-electron chi connectivity index (χ0n) is 14.1. The Kier molecular flexibility index (Phi) is 5.34. The summed E-state index contributed by atoms with van der Waals surface area (Å²) in [6.07, 6.45) is 0.390. The molecule has 0 saturated carbocycles. The van der Waals surface area contributed by atoms with Crippen LogP contribution < -0.4 is 15.4 Å². The number of hydrogen-bond donors (Lipinski definition) is 3. The van der Waals surface area contributed by atoms with Gasteiger partial charge in [0.1, 0.15) is 18.5 Å². The summed E-state index contributed by atoms with van der Waals surface area (Å²) < 4.78 is 5.48. The molecule has 0 spiro atoms. The van der Waals surface area contributed by atoms with E-state index >= 15 is 0 Å². The van der Waals surface area contributed by atoms with Crippen LogP contribution in [0.3, 0.4) is 0 Å². The smallest absolute Gasteiger partial charge is 0.251 e. The summed E-state index contributed by atoms with van der Waals surface area (Å²) in [5.74, 6) is 0.128. The molecule has 134 valence electrons. The van der Waals surface area contributed by atoms with Gasteiger partial charge in [-0.2, -0.15) is 0 Å². The first-order valence-electron chi connectivity index (χ1n) is 8.28. The zero-order chi connectivity index (χ0) is 18.5. The molecule has 6 heteroatoms. The molecule has 1 heterocycles. The normalized spacial score (nSPS) is 18.2. The van der Waals surface area contributed by atoms with Gasteiger partial charge in [-0.3, -0.25) is 9.59 Å². The van der Waals surface area contributed by atoms with E-state index in [2.05, 4.69) is 17.2 Å². The Morgan fingerprint density at radius 1 is 1.19 bits per heavy atom. The van der Waals surface area contributed by atoms with E-state index in [1.807, 2.05) is 24.3 Å². The Morgan fingerprint density at radius 2 is 1.92 bits per heavy atom. The summed E-state index contributed by atoms with van der Waals surface area (Å²) in [5, 5.41) is 15.8. The predicted molar refractivity (Wildman–Crippen MR) is 96.6 cm³/mol. The monoisotopic (exact) mass is 352 g/mol. The highest BCUT2D eigenvalue weighted by atomic mass is 16.5. The molecule has 2 atom stereocenters. The van der Waals surface area contributed by atoms with Crippen molar-refractivity contribution < 1.29 is 19.4 Å². The van der Waals surface area contributed by atoms with Crippen LogP contribution in [-0.2, 0) is 11.3 Å². The van der Waals surface area contributed by atoms with E-state index in [1.54, 1.807) is 24.3 Å². The van der Waals surface area contributed by atoms with Crippen molar-refractivity contribution in [1.82, 2.24) is 10.6 Å². The molecule has 0 aromatic heterocycles. The lowest BCUT2D eigenvalue weighted by molar-refractivity contribution is -0.116. The average Bonchev–Trinajstić information content (AvgIpc) is 2.68. The molecular weight excluding hydrogens is 332 g/mol. The first-order valence-corrected chi connectivity index (χ1v) is 8.28. The zero-order valence-corrected chi connectivity index (χ0v) is 14.1. The highest BCUT2D eigenvalue weighted by Gasteiger charge is 2.30. The van der Waals surface area contributed by atoms with Crippen molar-refractivity contribution in [3.8, 4) is 5.75 Å². The number of aliphatic hydroxyl groups is 1. The maximum atomic E-state index is 12.5. The number of fused-ring (bicyclic) bond motifs is 1. The molecule has 0 radical (unpaired) electrons. The second-order valence-corrected chi connectivity index (χ2v) is 5.99. The summed E-state index contributed by atoms with van der Waals surface area (Å²) >= 11 is 0. The van der Waals surface area contributed by atoms with Crippen LogP contribution in [-0.4, -0.2) is 29.6 Å². The standard InChI is InChI=1S/C20H20N2O4/c1-2-18(24)21-11-13-7-9-14(10-8-13)20(25)22-19-15-5-3-4-6-17(15)26-12-16(19)23/h2-10,16,19,23H,1,11-12H2,(H,21,24)(H,22,25)/t16-,19+/m1/s1. The van der Waals surface area contributed by atoms with Crippen molar-refractivity contribution in [2.24, 2.45) is 0 Å². The van der Waals surface area contributed by atoms with Crippen LogP contribution in [0.2, 0.25) is 0 Å². The van der Waals surface area contributed by atoms with Crippen molar-refractivity contribution in [3.05, 3.63) is 77.9 Å². The molecule has 0 aliphatic carbocycles. The van der Waals surface area contributed by atoms with Crippen LogP contribution >= 0.6 is 0 Å². The van der Waals surface area contributed by atoms with Crippen molar-refractivity contribution in [1.29, 1.82) is 0 Å². The van der Waals surface area contributed by atoms with Gasteiger partial charge in [-0.1, -0.05) is 36.9 Å². The number of rotatable bonds is 5. The largest absolute Gasteiger partial charge is 0.490 e. The number of hydrogen-bond acceptors (Lipinski definition) is 4. The molecule has 3 N–H and O–H groups in total. The molecular formula is C20H20N2O4. The molecule has 1 aliphatic heterocycles. The maximum Gasteiger partial charge on any atom is 0.251 e. The average molecular weight is 352 g/mol. The second kappa shape index (κ2) is 7.84. The number of carbonyl (C=O) groups is 2. The molecule has 3 rings (SSSR count). The summed E-state index contributed by atoms with van der Waals surface area (Å²) in [7, 11) is 0. The number of benzene rings is 2. The molecule has 2 aromatic carbocycles. The van der Waals surface area contributed by atoms with E-state index in [1.165, 1.54) is 6.08 Å². The van der Waals surface area contributed by atoms with Gasteiger partial charge in [0.2, 0.25) is 5.91 Å². The van der Waals surface area contributed by atoms with E-state index in [-0.39, 0.29) is 18.4 Å². The van der Waals surface area contributed by atoms with Gasteiger partial charge in [0.25, 0.3) is 5.91 Å². The summed E-state index contributed by atoms with van der Waals surface area (Å²) in [4.78, 5) is 23.7. The highest BCUT2D eigenvalue weighted by Crippen LogP contribution is 2.32. The number of carbonyl (C=O) groups excluding carboxylic acids is 2. The SMILES string of the molecule is C=CC(=O)NCc1ccc(C(=O)N[C@H]2c3ccccc3OC[C@H]2O)cc1. The molecule has 0 unspecified atom stereocenters. The van der Waals surface area contributed by atoms with Gasteiger partial charge < -0.3 is 20.5 Å². The van der Waals surface area contributed by atoms with Crippen LogP contribution in [0.5, 0.6) is 5.75 Å². The predicted octanol–water partition coefficient (Wildman–Crippen LogP) is 1.71. The third-order valence-electron chi connectivity index (χ3n) is 4.20. The third-order valence-corrected chi connectivity index (χ3v) is 4.20. The summed E-state index contributed by atoms with van der Waals surface area (Å²) in [5.41, 5.74) is 2.09. The van der Waals surface area contributed by atoms with Crippen LogP contribution in [0, 0.1) is 0 Å². The van der Waals surface area contributed by atoms with Crippen molar-refractivity contribution >= 4 is 11.8 Å². The number of para-hydroxylation sites is 1. The van der Waals surface area contributed by atoms with Crippen LogP contribution in [0.4, 0.5) is 0 Å². The van der Waals surface area contributed by atoms with Gasteiger partial charge in [0.15, 0.2) is 0 Å². The summed E-state index contributed by atoms with van der Waals surface area (Å²) in [6.45, 7) is 3.88. The van der Waals surface area contributed by atoms with E-state index in [9.17, 15) is 14.7 Å². The Morgan fingerprint density at radius 3 is 2.65 bits per heavy atom. The minimum Gasteiger partial charge on any atom is -0.490 e. The first kappa shape index (κ1) is 17.7. The van der Waals surface area contributed by atoms with Crippen LogP contribution in [0.25, 0.3) is 0 Å². The lowest BCUT2D eigenvalue weighted by atomic mass is 9.97. The molecule has 26 heavy (non-hydrogen) atoms. The van der Waals surface area contributed by atoms with E-state index < -0.39 is 12.1 Å². The number of amides is 2. The number of ether oxygens (including phenoxy) is 1. The lowest BCUT2D eigenvalue weighted by Gasteiger charge is -2.31. The van der Waals surface area contributed by atoms with E-state index in [0.29, 0.717) is 17.9 Å². The molecule has 1 aliphatic rings. The third kappa shape index (κ3) is 3.92. The van der Waals surface area contributed by atoms with Gasteiger partial charge in [0.05, 0.1) is 6.04 Å². The molecule has 0 saturated heterocycles. The van der Waals surface area contributed by atoms with Crippen molar-refractivity contribution in [2.45, 2.75) is 18.7 Å². The lowest BCUT2D eigenvalue weighted by Crippen LogP contribution is -2.41. The molecule has 0 bridgehead atoms. The number of nitrogens with one attached hydrogen (secondary N) is 2. The molecule has 2 aromatic rings. The van der Waals surface area contributed by atoms with Gasteiger partial charge in [-0.15, -0.1) is 0 Å². The quantitative estimate of drug-likeness (QED) is 0.715. The Hall–Kier alpha value is -3.12. The van der Waals surface area contributed by atoms with Gasteiger partial charge >= 0.3 is 0 Å². The fourth-order valence-electron chi connectivity index (χ4n) is 2.78. The van der Waals surface area contributed by atoms with Crippen molar-refractivity contribution in [3.63, 3.8) is 0 Å². The van der Waals surface area contributed by atoms with E-state index in [0.717, 1.165) is 11.1 Å². The van der Waals surface area contributed by atoms with Gasteiger partial charge in [-0.25, -0.2) is 0 Å². The Labute approximate surface area is 151 Å². The highest BCUT2D eigenvalue weighted by molar-refractivity contribution is 5.94. The maximum absolute atomic E-state index is 12.5. The molecule has 6 nitrogen and oxygen atoms in total. The fraction of sp³-hybridized carbons (Fsp3) is 0.200. The van der Waals surface area contributed by atoms with Crippen LogP contribution in [0.1, 0.15) is 27.5 Å². The Bertz CT molecular complexity index is 817. The topological polar surface area (TPSA) is 87.7 Å². The Balaban J connectivity index is 1.68. The molecule has 0 fully saturated rings. The fourth-order valence-corrected chi connectivity index (χ4v) is 2.78. The summed E-state index contributed by atoms with van der Waals surface area (Å²) in [6, 6.07) is 13.7. The minimum atomic E-state index is -0.817. The van der Waals surface area contributed by atoms with Gasteiger partial charge in [-0.05, 0) is 29.8 Å². The first-order chi connectivity index (χ1) is 12.6. The minimum absolute atomic E-state index is 0.129.